The number of para-hydroxylation sites is 2. The van der Waals surface area contributed by atoms with Crippen LogP contribution in [0.4, 0.5) is 22.1 Å². The number of anilines is 3. The van der Waals surface area contributed by atoms with E-state index < -0.39 is 6.09 Å². The Morgan fingerprint density at radius 2 is 1.76 bits per heavy atom. The van der Waals surface area contributed by atoms with E-state index in [0.717, 1.165) is 12.8 Å². The molecule has 2 aromatic heterocycles. The number of nitrogens with two attached hydrogens (primary N) is 1. The van der Waals surface area contributed by atoms with Gasteiger partial charge < -0.3 is 21.1 Å². The first kappa shape index (κ1) is 23.9. The number of ether oxygens (including phenoxy) is 1. The van der Waals surface area contributed by atoms with Crippen molar-refractivity contribution in [3.05, 3.63) is 72.6 Å². The van der Waals surface area contributed by atoms with Crippen LogP contribution in [-0.4, -0.2) is 37.0 Å². The number of carbonyl (C=O) groups excluding carboxylic acids is 2. The van der Waals surface area contributed by atoms with Crippen LogP contribution >= 0.6 is 0 Å². The number of nitrogens with zero attached hydrogens (tertiary/aromatic N) is 5. The maximum Gasteiger partial charge on any atom is 0.410 e. The van der Waals surface area contributed by atoms with E-state index in [1.165, 1.54) is 25.3 Å². The lowest BCUT2D eigenvalue weighted by Gasteiger charge is -2.20. The van der Waals surface area contributed by atoms with Crippen molar-refractivity contribution in [3.63, 3.8) is 0 Å². The first-order valence-corrected chi connectivity index (χ1v) is 12.1. The third kappa shape index (κ3) is 5.89. The fourth-order valence-corrected chi connectivity index (χ4v) is 4.28. The number of carbonyl (C=O) groups is 2. The van der Waals surface area contributed by atoms with E-state index in [1.54, 1.807) is 54.7 Å². The SMILES string of the molecule is NC(=O)Oc1ccccc1NC(=O)c1ccc(Nc2nccc(-c3cn(C4CCCCC4)nn3)n2)cc1. The van der Waals surface area contributed by atoms with Crippen molar-refractivity contribution < 1.29 is 14.3 Å². The average molecular weight is 499 g/mol. The number of benzene rings is 2. The van der Waals surface area contributed by atoms with Gasteiger partial charge in [0.25, 0.3) is 5.91 Å². The first-order valence-electron chi connectivity index (χ1n) is 12.1. The zero-order valence-corrected chi connectivity index (χ0v) is 20.0. The number of nitrogens with one attached hydrogen (secondary N) is 2. The summed E-state index contributed by atoms with van der Waals surface area (Å²) in [5.41, 5.74) is 7.91. The molecular weight excluding hydrogens is 472 g/mol. The molecule has 0 radical (unpaired) electrons. The van der Waals surface area contributed by atoms with Crippen molar-refractivity contribution in [2.24, 2.45) is 5.73 Å². The summed E-state index contributed by atoms with van der Waals surface area (Å²) in [6.45, 7) is 0. The standard InChI is InChI=1S/C26H26N8O3/c27-25(36)37-23-9-5-4-8-21(23)30-24(35)17-10-12-18(13-11-17)29-26-28-15-14-20(31-26)22-16-34(33-32-22)19-6-2-1-3-7-19/h4-5,8-16,19H,1-3,6-7H2,(H2,27,36)(H,30,35)(H,28,29,31). The number of amides is 2. The van der Waals surface area contributed by atoms with Gasteiger partial charge in [0.15, 0.2) is 5.75 Å². The summed E-state index contributed by atoms with van der Waals surface area (Å²) >= 11 is 0. The van der Waals surface area contributed by atoms with E-state index in [2.05, 4.69) is 30.9 Å². The molecule has 188 valence electrons. The molecule has 11 nitrogen and oxygen atoms in total. The molecule has 0 spiro atoms. The second kappa shape index (κ2) is 10.9. The fourth-order valence-electron chi connectivity index (χ4n) is 4.28. The van der Waals surface area contributed by atoms with Crippen LogP contribution < -0.4 is 21.1 Å². The molecule has 5 rings (SSSR count). The van der Waals surface area contributed by atoms with Crippen LogP contribution in [0.5, 0.6) is 5.75 Å². The Bertz CT molecular complexity index is 1400. The van der Waals surface area contributed by atoms with Crippen LogP contribution in [-0.2, 0) is 0 Å². The average Bonchev–Trinajstić information content (AvgIpc) is 3.41. The van der Waals surface area contributed by atoms with Crippen molar-refractivity contribution in [1.29, 1.82) is 0 Å². The van der Waals surface area contributed by atoms with Crippen LogP contribution in [0.25, 0.3) is 11.4 Å². The Hall–Kier alpha value is -4.80. The highest BCUT2D eigenvalue weighted by Crippen LogP contribution is 2.28. The van der Waals surface area contributed by atoms with Crippen molar-refractivity contribution in [2.75, 3.05) is 10.6 Å². The Kier molecular flexibility index (Phi) is 7.02. The second-order valence-electron chi connectivity index (χ2n) is 8.71. The Morgan fingerprint density at radius 1 is 0.973 bits per heavy atom. The molecule has 4 N–H and O–H groups in total. The summed E-state index contributed by atoms with van der Waals surface area (Å²) in [4.78, 5) is 32.7. The number of hydrogen-bond acceptors (Lipinski definition) is 8. The molecule has 1 aliphatic rings. The zero-order chi connectivity index (χ0) is 25.6. The van der Waals surface area contributed by atoms with E-state index in [1.807, 2.05) is 10.9 Å². The molecule has 0 atom stereocenters. The lowest BCUT2D eigenvalue weighted by molar-refractivity contribution is 0.102. The second-order valence-corrected chi connectivity index (χ2v) is 8.71. The van der Waals surface area contributed by atoms with Crippen molar-refractivity contribution in [1.82, 2.24) is 25.0 Å². The molecule has 2 heterocycles. The predicted molar refractivity (Wildman–Crippen MR) is 138 cm³/mol. The molecule has 37 heavy (non-hydrogen) atoms. The van der Waals surface area contributed by atoms with Crippen LogP contribution in [0.15, 0.2) is 67.0 Å². The van der Waals surface area contributed by atoms with Gasteiger partial charge in [-0.05, 0) is 55.3 Å². The third-order valence-corrected chi connectivity index (χ3v) is 6.13. The molecule has 1 fully saturated rings. The van der Waals surface area contributed by atoms with Gasteiger partial charge in [-0.3, -0.25) is 4.79 Å². The van der Waals surface area contributed by atoms with Crippen LogP contribution in [0.2, 0.25) is 0 Å². The molecule has 1 aliphatic carbocycles. The van der Waals surface area contributed by atoms with E-state index in [4.69, 9.17) is 10.5 Å². The highest BCUT2D eigenvalue weighted by molar-refractivity contribution is 6.05. The maximum absolute atomic E-state index is 12.7. The highest BCUT2D eigenvalue weighted by Gasteiger charge is 2.18. The summed E-state index contributed by atoms with van der Waals surface area (Å²) in [5, 5.41) is 14.5. The van der Waals surface area contributed by atoms with Gasteiger partial charge in [-0.1, -0.05) is 36.6 Å². The molecular formula is C26H26N8O3. The summed E-state index contributed by atoms with van der Waals surface area (Å²) in [7, 11) is 0. The minimum Gasteiger partial charge on any atom is -0.408 e. The first-order chi connectivity index (χ1) is 18.0. The van der Waals surface area contributed by atoms with E-state index in [-0.39, 0.29) is 11.7 Å². The molecule has 0 aliphatic heterocycles. The Labute approximate surface area is 213 Å². The number of hydrogen-bond donors (Lipinski definition) is 3. The normalized spacial score (nSPS) is 13.6. The molecule has 4 aromatic rings. The van der Waals surface area contributed by atoms with Gasteiger partial charge in [-0.2, -0.15) is 0 Å². The fraction of sp³-hybridized carbons (Fsp3) is 0.231. The number of primary amides is 1. The van der Waals surface area contributed by atoms with Gasteiger partial charge in [0.2, 0.25) is 5.95 Å². The monoisotopic (exact) mass is 498 g/mol. The molecule has 0 saturated heterocycles. The third-order valence-electron chi connectivity index (χ3n) is 6.13. The summed E-state index contributed by atoms with van der Waals surface area (Å²) in [6.07, 6.45) is 8.63. The van der Waals surface area contributed by atoms with Gasteiger partial charge in [-0.25, -0.2) is 19.4 Å². The van der Waals surface area contributed by atoms with Crippen molar-refractivity contribution in [3.8, 4) is 17.1 Å². The number of aromatic nitrogens is 5. The molecule has 0 unspecified atom stereocenters. The maximum atomic E-state index is 12.7. The summed E-state index contributed by atoms with van der Waals surface area (Å²) in [5.74, 6) is 0.197. The quantitative estimate of drug-likeness (QED) is 0.332. The highest BCUT2D eigenvalue weighted by atomic mass is 16.5. The summed E-state index contributed by atoms with van der Waals surface area (Å²) in [6, 6.07) is 15.5. The minimum atomic E-state index is -0.961. The molecule has 2 amide bonds. The lowest BCUT2D eigenvalue weighted by atomic mass is 9.96. The van der Waals surface area contributed by atoms with Crippen molar-refractivity contribution >= 4 is 29.3 Å². The largest absolute Gasteiger partial charge is 0.410 e. The predicted octanol–water partition coefficient (Wildman–Crippen LogP) is 4.69. The van der Waals surface area contributed by atoms with Gasteiger partial charge in [0.1, 0.15) is 5.69 Å². The number of rotatable bonds is 7. The van der Waals surface area contributed by atoms with Gasteiger partial charge in [-0.15, -0.1) is 5.10 Å². The molecule has 2 aromatic carbocycles. The van der Waals surface area contributed by atoms with E-state index in [9.17, 15) is 9.59 Å². The summed E-state index contributed by atoms with van der Waals surface area (Å²) < 4.78 is 6.88. The zero-order valence-electron chi connectivity index (χ0n) is 20.0. The van der Waals surface area contributed by atoms with Crippen LogP contribution in [0.1, 0.15) is 48.5 Å². The molecule has 11 heteroatoms. The Morgan fingerprint density at radius 3 is 2.54 bits per heavy atom. The van der Waals surface area contributed by atoms with Gasteiger partial charge in [0.05, 0.1) is 23.6 Å². The van der Waals surface area contributed by atoms with Gasteiger partial charge >= 0.3 is 6.09 Å². The van der Waals surface area contributed by atoms with E-state index >= 15 is 0 Å². The molecule has 0 bridgehead atoms. The van der Waals surface area contributed by atoms with E-state index in [0.29, 0.717) is 40.3 Å². The smallest absolute Gasteiger partial charge is 0.408 e. The molecule has 1 saturated carbocycles. The lowest BCUT2D eigenvalue weighted by Crippen LogP contribution is -2.18. The minimum absolute atomic E-state index is 0.164. The van der Waals surface area contributed by atoms with Crippen LogP contribution in [0, 0.1) is 0 Å². The van der Waals surface area contributed by atoms with Crippen molar-refractivity contribution in [2.45, 2.75) is 38.1 Å². The van der Waals surface area contributed by atoms with Gasteiger partial charge in [0, 0.05) is 17.4 Å². The topological polar surface area (TPSA) is 150 Å². The van der Waals surface area contributed by atoms with Crippen LogP contribution in [0.3, 0.4) is 0 Å². The Balaban J connectivity index is 1.24.